The lowest BCUT2D eigenvalue weighted by atomic mass is 9.86. The number of para-hydroxylation sites is 1. The monoisotopic (exact) mass is 500 g/mol. The number of anilines is 2. The van der Waals surface area contributed by atoms with Crippen LogP contribution in [0.3, 0.4) is 0 Å². The van der Waals surface area contributed by atoms with Gasteiger partial charge in [-0.1, -0.05) is 74.3 Å². The highest BCUT2D eigenvalue weighted by atomic mass is 35.5. The highest BCUT2D eigenvalue weighted by molar-refractivity contribution is 7.20. The van der Waals surface area contributed by atoms with Crippen LogP contribution in [0.15, 0.2) is 48.5 Å². The van der Waals surface area contributed by atoms with Gasteiger partial charge in [-0.15, -0.1) is 11.3 Å². The van der Waals surface area contributed by atoms with Gasteiger partial charge in [0.25, 0.3) is 5.91 Å². The van der Waals surface area contributed by atoms with Crippen LogP contribution in [0.4, 0.5) is 11.5 Å². The van der Waals surface area contributed by atoms with Crippen molar-refractivity contribution < 1.29 is 9.59 Å². The summed E-state index contributed by atoms with van der Waals surface area (Å²) in [4.78, 5) is 26.4. The predicted octanol–water partition coefficient (Wildman–Crippen LogP) is 6.66. The molecule has 0 aliphatic rings. The largest absolute Gasteiger partial charge is 0.319 e. The lowest BCUT2D eigenvalue weighted by Gasteiger charge is -2.19. The lowest BCUT2D eigenvalue weighted by molar-refractivity contribution is -0.115. The number of nitrogens with one attached hydrogen (secondary N) is 3. The highest BCUT2D eigenvalue weighted by Gasteiger charge is 2.19. The SMILES string of the molecule is CC(C)(C)c1ccc(CC(=O)Nc2n[nH]c3sc(C(=O)Nc4c(Cl)cccc4Cl)cc23)cc1. The lowest BCUT2D eigenvalue weighted by Crippen LogP contribution is -2.15. The normalized spacial score (nSPS) is 11.5. The maximum atomic E-state index is 12.7. The number of carbonyl (C=O) groups excluding carboxylic acids is 2. The van der Waals surface area contributed by atoms with E-state index in [1.165, 1.54) is 16.9 Å². The van der Waals surface area contributed by atoms with E-state index in [1.807, 2.05) is 24.3 Å². The topological polar surface area (TPSA) is 86.9 Å². The van der Waals surface area contributed by atoms with Crippen LogP contribution < -0.4 is 10.6 Å². The third kappa shape index (κ3) is 5.21. The summed E-state index contributed by atoms with van der Waals surface area (Å²) < 4.78 is 0. The molecule has 3 N–H and O–H groups in total. The number of hydrogen-bond acceptors (Lipinski definition) is 4. The van der Waals surface area contributed by atoms with Gasteiger partial charge in [-0.25, -0.2) is 0 Å². The van der Waals surface area contributed by atoms with E-state index in [4.69, 9.17) is 23.2 Å². The zero-order valence-electron chi connectivity index (χ0n) is 18.3. The molecular formula is C24H22Cl2N4O2S. The smallest absolute Gasteiger partial charge is 0.265 e. The third-order valence-electron chi connectivity index (χ3n) is 5.12. The van der Waals surface area contributed by atoms with Crippen molar-refractivity contribution in [3.8, 4) is 0 Å². The molecule has 0 spiro atoms. The molecule has 2 heterocycles. The number of H-pyrrole nitrogens is 1. The Hall–Kier alpha value is -2.87. The Kier molecular flexibility index (Phi) is 6.47. The molecule has 4 aromatic rings. The van der Waals surface area contributed by atoms with Crippen LogP contribution in [0.2, 0.25) is 10.0 Å². The summed E-state index contributed by atoms with van der Waals surface area (Å²) in [6, 6.07) is 14.7. The number of carbonyl (C=O) groups is 2. The third-order valence-corrected chi connectivity index (χ3v) is 6.79. The summed E-state index contributed by atoms with van der Waals surface area (Å²) in [6.07, 6.45) is 0.223. The van der Waals surface area contributed by atoms with Crippen molar-refractivity contribution in [1.29, 1.82) is 0 Å². The molecule has 9 heteroatoms. The summed E-state index contributed by atoms with van der Waals surface area (Å²) >= 11 is 13.5. The molecule has 2 aromatic heterocycles. The quantitative estimate of drug-likeness (QED) is 0.286. The number of halogens is 2. The van der Waals surface area contributed by atoms with Crippen LogP contribution in [-0.4, -0.2) is 22.0 Å². The molecule has 0 atom stereocenters. The zero-order valence-corrected chi connectivity index (χ0v) is 20.6. The van der Waals surface area contributed by atoms with Crippen molar-refractivity contribution in [3.05, 3.63) is 74.6 Å². The first kappa shape index (κ1) is 23.3. The molecule has 33 heavy (non-hydrogen) atoms. The van der Waals surface area contributed by atoms with Crippen LogP contribution in [0, 0.1) is 0 Å². The predicted molar refractivity (Wildman–Crippen MR) is 136 cm³/mol. The minimum absolute atomic E-state index is 0.0571. The van der Waals surface area contributed by atoms with Crippen LogP contribution in [0.5, 0.6) is 0 Å². The summed E-state index contributed by atoms with van der Waals surface area (Å²) in [5.41, 5.74) is 2.53. The van der Waals surface area contributed by atoms with Crippen LogP contribution in [-0.2, 0) is 16.6 Å². The highest BCUT2D eigenvalue weighted by Crippen LogP contribution is 2.33. The Morgan fingerprint density at radius 3 is 2.33 bits per heavy atom. The van der Waals surface area contributed by atoms with Gasteiger partial charge in [-0.05, 0) is 34.7 Å². The average molecular weight is 501 g/mol. The van der Waals surface area contributed by atoms with Gasteiger partial charge in [0.1, 0.15) is 4.83 Å². The maximum absolute atomic E-state index is 12.7. The number of thiophene rings is 1. The first-order chi connectivity index (χ1) is 15.6. The molecule has 0 bridgehead atoms. The number of aromatic amines is 1. The van der Waals surface area contributed by atoms with Gasteiger partial charge in [-0.2, -0.15) is 5.10 Å². The van der Waals surface area contributed by atoms with Crippen molar-refractivity contribution in [3.63, 3.8) is 0 Å². The van der Waals surface area contributed by atoms with E-state index >= 15 is 0 Å². The summed E-state index contributed by atoms with van der Waals surface area (Å²) in [5.74, 6) is -0.157. The number of rotatable bonds is 5. The van der Waals surface area contributed by atoms with E-state index in [-0.39, 0.29) is 23.7 Å². The van der Waals surface area contributed by atoms with Gasteiger partial charge in [0.05, 0.1) is 32.4 Å². The first-order valence-corrected chi connectivity index (χ1v) is 11.8. The van der Waals surface area contributed by atoms with Crippen LogP contribution in [0.1, 0.15) is 41.6 Å². The van der Waals surface area contributed by atoms with E-state index in [0.717, 1.165) is 5.56 Å². The van der Waals surface area contributed by atoms with E-state index < -0.39 is 0 Å². The zero-order chi connectivity index (χ0) is 23.8. The van der Waals surface area contributed by atoms with Crippen molar-refractivity contribution in [2.24, 2.45) is 0 Å². The molecule has 0 aliphatic heterocycles. The second-order valence-electron chi connectivity index (χ2n) is 8.65. The molecule has 0 fully saturated rings. The standard InChI is InChI=1S/C24H22Cl2N4O2S/c1-24(2,3)14-9-7-13(8-10-14)11-19(31)27-21-15-12-18(33-23(15)30-29-21)22(32)28-20-16(25)5-4-6-17(20)26/h4-10,12H,11H2,1-3H3,(H,28,32)(H2,27,29,30,31). The first-order valence-electron chi connectivity index (χ1n) is 10.2. The Morgan fingerprint density at radius 2 is 1.70 bits per heavy atom. The minimum Gasteiger partial charge on any atom is -0.319 e. The molecule has 4 rings (SSSR count). The molecule has 0 saturated carbocycles. The molecule has 170 valence electrons. The molecule has 6 nitrogen and oxygen atoms in total. The number of hydrogen-bond donors (Lipinski definition) is 3. The number of amides is 2. The number of fused-ring (bicyclic) bond motifs is 1. The second-order valence-corrected chi connectivity index (χ2v) is 10.5. The van der Waals surface area contributed by atoms with Crippen molar-refractivity contribution >= 4 is 68.1 Å². The fourth-order valence-electron chi connectivity index (χ4n) is 3.30. The molecule has 0 radical (unpaired) electrons. The molecule has 0 saturated heterocycles. The van der Waals surface area contributed by atoms with Gasteiger partial charge in [0.15, 0.2) is 5.82 Å². The maximum Gasteiger partial charge on any atom is 0.265 e. The second kappa shape index (κ2) is 9.17. The van der Waals surface area contributed by atoms with Gasteiger partial charge in [0.2, 0.25) is 5.91 Å². The molecule has 2 amide bonds. The minimum atomic E-state index is -0.351. The molecule has 0 unspecified atom stereocenters. The molecule has 0 aliphatic carbocycles. The number of benzene rings is 2. The summed E-state index contributed by atoms with van der Waals surface area (Å²) in [7, 11) is 0. The number of nitrogens with zero attached hydrogens (tertiary/aromatic N) is 1. The Labute approximate surface area is 205 Å². The van der Waals surface area contributed by atoms with Crippen molar-refractivity contribution in [2.75, 3.05) is 10.6 Å². The van der Waals surface area contributed by atoms with Gasteiger partial charge in [-0.3, -0.25) is 14.7 Å². The van der Waals surface area contributed by atoms with Crippen molar-refractivity contribution in [1.82, 2.24) is 10.2 Å². The average Bonchev–Trinajstić information content (AvgIpc) is 3.32. The van der Waals surface area contributed by atoms with Gasteiger partial charge >= 0.3 is 0 Å². The summed E-state index contributed by atoms with van der Waals surface area (Å²) in [5, 5.41) is 14.0. The fraction of sp³-hybridized carbons (Fsp3) is 0.208. The van der Waals surface area contributed by atoms with Crippen molar-refractivity contribution in [2.45, 2.75) is 32.6 Å². The van der Waals surface area contributed by atoms with E-state index in [1.54, 1.807) is 24.3 Å². The van der Waals surface area contributed by atoms with Crippen LogP contribution in [0.25, 0.3) is 10.2 Å². The van der Waals surface area contributed by atoms with Gasteiger partial charge < -0.3 is 10.6 Å². The van der Waals surface area contributed by atoms with E-state index in [9.17, 15) is 9.59 Å². The van der Waals surface area contributed by atoms with E-state index in [0.29, 0.717) is 36.6 Å². The Morgan fingerprint density at radius 1 is 1.03 bits per heavy atom. The Bertz CT molecular complexity index is 1320. The molecule has 2 aromatic carbocycles. The van der Waals surface area contributed by atoms with Crippen LogP contribution >= 0.6 is 34.5 Å². The van der Waals surface area contributed by atoms with E-state index in [2.05, 4.69) is 41.6 Å². The Balaban J connectivity index is 1.46. The summed E-state index contributed by atoms with van der Waals surface area (Å²) in [6.45, 7) is 6.45. The number of aromatic nitrogens is 2. The van der Waals surface area contributed by atoms with Gasteiger partial charge in [0, 0.05) is 0 Å². The molecular weight excluding hydrogens is 479 g/mol. The fourth-order valence-corrected chi connectivity index (χ4v) is 4.69.